The number of hydrogen-bond donors (Lipinski definition) is 0. The van der Waals surface area contributed by atoms with Crippen molar-refractivity contribution in [2.24, 2.45) is 17.3 Å². The van der Waals surface area contributed by atoms with E-state index in [0.717, 1.165) is 11.8 Å². The Kier molecular flexibility index (Phi) is 1.56. The van der Waals surface area contributed by atoms with E-state index in [2.05, 4.69) is 20.8 Å². The topological polar surface area (TPSA) is 0 Å². The van der Waals surface area contributed by atoms with Crippen LogP contribution in [-0.2, 0) is 0 Å². The lowest BCUT2D eigenvalue weighted by molar-refractivity contribution is 0.329. The third-order valence-electron chi connectivity index (χ3n) is 3.51. The van der Waals surface area contributed by atoms with E-state index in [1.807, 2.05) is 5.92 Å². The molecular weight excluding hydrogens is 132 g/mol. The molecule has 0 amide bonds. The summed E-state index contributed by atoms with van der Waals surface area (Å²) in [5.74, 6) is 3.96. The first-order chi connectivity index (χ1) is 5.07. The summed E-state index contributed by atoms with van der Waals surface area (Å²) in [5.41, 5.74) is 0.500. The second-order valence-electron chi connectivity index (χ2n) is 5.36. The van der Waals surface area contributed by atoms with Crippen LogP contribution in [0.25, 0.3) is 0 Å². The fourth-order valence-corrected chi connectivity index (χ4v) is 2.97. The molecule has 63 valence electrons. The normalized spacial score (nSPS) is 38.5. The molecule has 0 aromatic carbocycles. The smallest absolute Gasteiger partial charge is 0.0154 e. The van der Waals surface area contributed by atoms with Crippen LogP contribution >= 0.6 is 0 Å². The van der Waals surface area contributed by atoms with E-state index in [0.29, 0.717) is 5.41 Å². The highest BCUT2D eigenvalue weighted by Gasteiger charge is 2.44. The molecular formula is C11H19. The van der Waals surface area contributed by atoms with Gasteiger partial charge in [-0.3, -0.25) is 0 Å². The number of rotatable bonds is 0. The van der Waals surface area contributed by atoms with E-state index in [1.54, 1.807) is 0 Å². The van der Waals surface area contributed by atoms with Gasteiger partial charge in [0, 0.05) is 0 Å². The average molecular weight is 151 g/mol. The van der Waals surface area contributed by atoms with Crippen molar-refractivity contribution in [2.75, 3.05) is 0 Å². The van der Waals surface area contributed by atoms with E-state index >= 15 is 0 Å². The Hall–Kier alpha value is 0. The Morgan fingerprint density at radius 2 is 1.91 bits per heavy atom. The van der Waals surface area contributed by atoms with Gasteiger partial charge in [0.15, 0.2) is 0 Å². The van der Waals surface area contributed by atoms with Crippen LogP contribution in [0.3, 0.4) is 0 Å². The zero-order valence-electron chi connectivity index (χ0n) is 7.98. The molecule has 2 atom stereocenters. The van der Waals surface area contributed by atoms with Gasteiger partial charge >= 0.3 is 0 Å². The molecule has 2 unspecified atom stereocenters. The Bertz CT molecular complexity index is 152. The van der Waals surface area contributed by atoms with Crippen LogP contribution < -0.4 is 0 Å². The largest absolute Gasteiger partial charge is 0.0596 e. The van der Waals surface area contributed by atoms with E-state index < -0.39 is 0 Å². The molecule has 2 saturated carbocycles. The molecule has 2 aliphatic carbocycles. The van der Waals surface area contributed by atoms with Gasteiger partial charge in [-0.15, -0.1) is 0 Å². The highest BCUT2D eigenvalue weighted by molar-refractivity contribution is 5.14. The highest BCUT2D eigenvalue weighted by Crippen LogP contribution is 2.55. The molecule has 0 aromatic heterocycles. The maximum Gasteiger partial charge on any atom is -0.0154 e. The van der Waals surface area contributed by atoms with E-state index in [9.17, 15) is 0 Å². The van der Waals surface area contributed by atoms with Crippen LogP contribution in [-0.4, -0.2) is 0 Å². The van der Waals surface area contributed by atoms with Gasteiger partial charge in [0.05, 0.1) is 0 Å². The zero-order chi connectivity index (χ0) is 8.06. The fraction of sp³-hybridized carbons (Fsp3) is 0.909. The molecule has 2 bridgehead atoms. The van der Waals surface area contributed by atoms with Crippen molar-refractivity contribution >= 4 is 0 Å². The summed E-state index contributed by atoms with van der Waals surface area (Å²) in [6, 6.07) is 0. The van der Waals surface area contributed by atoms with Crippen molar-refractivity contribution in [1.29, 1.82) is 0 Å². The standard InChI is InChI=1S/C11H19/c1-11(2,3)10-7-8-4-5-9(10)6-8/h8-9H,4-7H2,1-3H3. The average Bonchev–Trinajstić information content (AvgIpc) is 2.42. The predicted octanol–water partition coefficient (Wildman–Crippen LogP) is 3.43. The second kappa shape index (κ2) is 2.24. The summed E-state index contributed by atoms with van der Waals surface area (Å²) < 4.78 is 0. The third kappa shape index (κ3) is 1.21. The number of hydrogen-bond acceptors (Lipinski definition) is 0. The molecule has 0 nitrogen and oxygen atoms in total. The van der Waals surface area contributed by atoms with E-state index in [4.69, 9.17) is 0 Å². The van der Waals surface area contributed by atoms with Crippen molar-refractivity contribution in [3.05, 3.63) is 5.92 Å². The molecule has 0 aliphatic heterocycles. The number of fused-ring (bicyclic) bond motifs is 2. The molecule has 0 spiro atoms. The molecule has 0 aromatic rings. The SMILES string of the molecule is CC(C)(C)[C]1CC2CCC1C2. The molecule has 0 heteroatoms. The van der Waals surface area contributed by atoms with Crippen molar-refractivity contribution in [3.8, 4) is 0 Å². The Labute approximate surface area is 70.4 Å². The van der Waals surface area contributed by atoms with Crippen molar-refractivity contribution in [1.82, 2.24) is 0 Å². The summed E-state index contributed by atoms with van der Waals surface area (Å²) in [4.78, 5) is 0. The van der Waals surface area contributed by atoms with Gasteiger partial charge < -0.3 is 0 Å². The second-order valence-corrected chi connectivity index (χ2v) is 5.36. The fourth-order valence-electron chi connectivity index (χ4n) is 2.97. The summed E-state index contributed by atoms with van der Waals surface area (Å²) in [6.07, 6.45) is 5.99. The maximum absolute atomic E-state index is 2.38. The first-order valence-electron chi connectivity index (χ1n) is 4.93. The van der Waals surface area contributed by atoms with Crippen molar-refractivity contribution < 1.29 is 0 Å². The summed E-state index contributed by atoms with van der Waals surface area (Å²) in [7, 11) is 0. The summed E-state index contributed by atoms with van der Waals surface area (Å²) in [6.45, 7) is 7.13. The van der Waals surface area contributed by atoms with Gasteiger partial charge in [-0.1, -0.05) is 27.2 Å². The summed E-state index contributed by atoms with van der Waals surface area (Å²) >= 11 is 0. The van der Waals surface area contributed by atoms with E-state index in [-0.39, 0.29) is 0 Å². The van der Waals surface area contributed by atoms with Gasteiger partial charge in [0.25, 0.3) is 0 Å². The molecule has 11 heavy (non-hydrogen) atoms. The molecule has 0 N–H and O–H groups in total. The van der Waals surface area contributed by atoms with Crippen LogP contribution in [0.15, 0.2) is 0 Å². The Balaban J connectivity index is 2.08. The van der Waals surface area contributed by atoms with Gasteiger partial charge in [-0.25, -0.2) is 0 Å². The minimum atomic E-state index is 0.500. The van der Waals surface area contributed by atoms with Crippen LogP contribution in [0.4, 0.5) is 0 Å². The van der Waals surface area contributed by atoms with Gasteiger partial charge in [-0.05, 0) is 42.4 Å². The molecule has 0 saturated heterocycles. The van der Waals surface area contributed by atoms with Gasteiger partial charge in [0.2, 0.25) is 0 Å². The van der Waals surface area contributed by atoms with Crippen molar-refractivity contribution in [3.63, 3.8) is 0 Å². The van der Waals surface area contributed by atoms with Crippen LogP contribution in [0.5, 0.6) is 0 Å². The van der Waals surface area contributed by atoms with Crippen LogP contribution in [0.1, 0.15) is 46.5 Å². The third-order valence-corrected chi connectivity index (χ3v) is 3.51. The van der Waals surface area contributed by atoms with Crippen LogP contribution in [0, 0.1) is 23.2 Å². The summed E-state index contributed by atoms with van der Waals surface area (Å²) in [5, 5.41) is 0. The van der Waals surface area contributed by atoms with Gasteiger partial charge in [0.1, 0.15) is 0 Å². The molecule has 2 fully saturated rings. The molecule has 2 aliphatic rings. The first kappa shape index (κ1) is 7.64. The highest BCUT2D eigenvalue weighted by atomic mass is 14.5. The lowest BCUT2D eigenvalue weighted by Crippen LogP contribution is -2.23. The van der Waals surface area contributed by atoms with Crippen LogP contribution in [0.2, 0.25) is 0 Å². The Morgan fingerprint density at radius 3 is 2.18 bits per heavy atom. The monoisotopic (exact) mass is 151 g/mol. The maximum atomic E-state index is 2.38. The molecule has 2 rings (SSSR count). The first-order valence-corrected chi connectivity index (χ1v) is 4.93. The lowest BCUT2D eigenvalue weighted by atomic mass is 9.72. The quantitative estimate of drug-likeness (QED) is 0.497. The minimum absolute atomic E-state index is 0.500. The minimum Gasteiger partial charge on any atom is -0.0596 e. The lowest BCUT2D eigenvalue weighted by Gasteiger charge is -2.33. The van der Waals surface area contributed by atoms with E-state index in [1.165, 1.54) is 25.7 Å². The predicted molar refractivity (Wildman–Crippen MR) is 48.1 cm³/mol. The molecule has 0 heterocycles. The zero-order valence-corrected chi connectivity index (χ0v) is 7.98. The van der Waals surface area contributed by atoms with Gasteiger partial charge in [-0.2, -0.15) is 0 Å². The molecule has 1 radical (unpaired) electrons. The van der Waals surface area contributed by atoms with Crippen molar-refractivity contribution in [2.45, 2.75) is 46.5 Å². The Morgan fingerprint density at radius 1 is 1.18 bits per heavy atom.